The number of benzene rings is 2. The minimum Gasteiger partial charge on any atom is -0.494 e. The van der Waals surface area contributed by atoms with Crippen molar-refractivity contribution in [2.45, 2.75) is 19.1 Å². The van der Waals surface area contributed by atoms with Crippen molar-refractivity contribution < 1.29 is 13.9 Å². The van der Waals surface area contributed by atoms with Crippen molar-refractivity contribution in [2.75, 3.05) is 19.0 Å². The fourth-order valence-corrected chi connectivity index (χ4v) is 2.85. The van der Waals surface area contributed by atoms with E-state index in [0.29, 0.717) is 24.3 Å². The van der Waals surface area contributed by atoms with E-state index in [9.17, 15) is 0 Å². The first-order valence-electron chi connectivity index (χ1n) is 8.14. The summed E-state index contributed by atoms with van der Waals surface area (Å²) in [4.78, 5) is 0. The molecule has 0 aliphatic heterocycles. The van der Waals surface area contributed by atoms with E-state index in [4.69, 9.17) is 13.9 Å². The van der Waals surface area contributed by atoms with Crippen LogP contribution in [-0.4, -0.2) is 29.2 Å². The fourth-order valence-electron chi connectivity index (χ4n) is 2.28. The number of thioether (sulfide) groups is 1. The van der Waals surface area contributed by atoms with Gasteiger partial charge in [-0.05, 0) is 49.7 Å². The SMILES string of the molecule is CCOc1ccc(OCCSc2nnc(-c3ccccc3C)o2)cc1. The van der Waals surface area contributed by atoms with Crippen molar-refractivity contribution in [3.63, 3.8) is 0 Å². The molecule has 5 nitrogen and oxygen atoms in total. The maximum atomic E-state index is 5.71. The second-order valence-corrected chi connectivity index (χ2v) is 6.34. The molecule has 3 aromatic rings. The molecule has 0 aliphatic carbocycles. The van der Waals surface area contributed by atoms with Gasteiger partial charge < -0.3 is 13.9 Å². The summed E-state index contributed by atoms with van der Waals surface area (Å²) in [5, 5.41) is 8.75. The summed E-state index contributed by atoms with van der Waals surface area (Å²) < 4.78 is 16.8. The minimum absolute atomic E-state index is 0.549. The zero-order valence-electron chi connectivity index (χ0n) is 14.3. The maximum Gasteiger partial charge on any atom is 0.276 e. The van der Waals surface area contributed by atoms with Crippen molar-refractivity contribution in [1.29, 1.82) is 0 Å². The second-order valence-electron chi connectivity index (χ2n) is 5.29. The van der Waals surface area contributed by atoms with Crippen LogP contribution in [0.5, 0.6) is 11.5 Å². The van der Waals surface area contributed by atoms with Gasteiger partial charge in [-0.15, -0.1) is 10.2 Å². The molecular formula is C19H20N2O3S. The highest BCUT2D eigenvalue weighted by molar-refractivity contribution is 7.99. The zero-order valence-corrected chi connectivity index (χ0v) is 15.1. The third-order valence-corrected chi connectivity index (χ3v) is 4.28. The van der Waals surface area contributed by atoms with Crippen LogP contribution in [0, 0.1) is 6.92 Å². The Morgan fingerprint density at radius 3 is 2.40 bits per heavy atom. The summed E-state index contributed by atoms with van der Waals surface area (Å²) >= 11 is 1.48. The molecule has 0 spiro atoms. The smallest absolute Gasteiger partial charge is 0.276 e. The van der Waals surface area contributed by atoms with E-state index in [2.05, 4.69) is 10.2 Å². The molecule has 2 aromatic carbocycles. The topological polar surface area (TPSA) is 57.4 Å². The normalized spacial score (nSPS) is 10.6. The third kappa shape index (κ3) is 4.76. The largest absolute Gasteiger partial charge is 0.494 e. The molecule has 25 heavy (non-hydrogen) atoms. The molecule has 0 fully saturated rings. The summed E-state index contributed by atoms with van der Waals surface area (Å²) in [5.41, 5.74) is 2.08. The van der Waals surface area contributed by atoms with Gasteiger partial charge in [-0.3, -0.25) is 0 Å². The lowest BCUT2D eigenvalue weighted by Crippen LogP contribution is -2.00. The quantitative estimate of drug-likeness (QED) is 0.434. The first-order chi connectivity index (χ1) is 12.3. The van der Waals surface area contributed by atoms with E-state index in [-0.39, 0.29) is 0 Å². The fraction of sp³-hybridized carbons (Fsp3) is 0.263. The predicted octanol–water partition coefficient (Wildman–Crippen LogP) is 4.61. The number of aromatic nitrogens is 2. The van der Waals surface area contributed by atoms with E-state index < -0.39 is 0 Å². The third-order valence-electron chi connectivity index (χ3n) is 3.49. The predicted molar refractivity (Wildman–Crippen MR) is 98.3 cm³/mol. The van der Waals surface area contributed by atoms with E-state index in [1.54, 1.807) is 0 Å². The number of rotatable bonds is 8. The summed E-state index contributed by atoms with van der Waals surface area (Å²) in [6.07, 6.45) is 0. The molecule has 6 heteroatoms. The molecule has 130 valence electrons. The summed E-state index contributed by atoms with van der Waals surface area (Å²) in [6.45, 7) is 5.20. The first kappa shape index (κ1) is 17.4. The van der Waals surface area contributed by atoms with Crippen molar-refractivity contribution in [3.05, 3.63) is 54.1 Å². The Bertz CT molecular complexity index is 802. The Hall–Kier alpha value is -2.47. The summed E-state index contributed by atoms with van der Waals surface area (Å²) in [7, 11) is 0. The van der Waals surface area contributed by atoms with Gasteiger partial charge >= 0.3 is 0 Å². The van der Waals surface area contributed by atoms with Crippen LogP contribution in [-0.2, 0) is 0 Å². The average molecular weight is 356 g/mol. The molecule has 0 bridgehead atoms. The van der Waals surface area contributed by atoms with Crippen molar-refractivity contribution in [2.24, 2.45) is 0 Å². The van der Waals surface area contributed by atoms with Gasteiger partial charge in [0.2, 0.25) is 5.89 Å². The molecule has 0 N–H and O–H groups in total. The van der Waals surface area contributed by atoms with Crippen LogP contribution in [0.15, 0.2) is 58.2 Å². The molecule has 0 atom stereocenters. The average Bonchev–Trinajstić information content (AvgIpc) is 3.09. The molecule has 1 heterocycles. The lowest BCUT2D eigenvalue weighted by molar-refractivity contribution is 0.332. The highest BCUT2D eigenvalue weighted by atomic mass is 32.2. The first-order valence-corrected chi connectivity index (χ1v) is 9.13. The second kappa shape index (κ2) is 8.58. The van der Waals surface area contributed by atoms with Gasteiger partial charge in [0.05, 0.1) is 13.2 Å². The molecule has 0 aliphatic rings. The van der Waals surface area contributed by atoms with Gasteiger partial charge in [0, 0.05) is 11.3 Å². The Kier molecular flexibility index (Phi) is 5.95. The number of aryl methyl sites for hydroxylation is 1. The zero-order chi connectivity index (χ0) is 17.5. The van der Waals surface area contributed by atoms with Crippen molar-refractivity contribution in [1.82, 2.24) is 10.2 Å². The van der Waals surface area contributed by atoms with Crippen molar-refractivity contribution >= 4 is 11.8 Å². The molecular weight excluding hydrogens is 336 g/mol. The van der Waals surface area contributed by atoms with Crippen LogP contribution in [0.2, 0.25) is 0 Å². The van der Waals surface area contributed by atoms with Crippen LogP contribution >= 0.6 is 11.8 Å². The Labute approximate surface area is 151 Å². The summed E-state index contributed by atoms with van der Waals surface area (Å²) in [5.74, 6) is 2.94. The molecule has 0 unspecified atom stereocenters. The van der Waals surface area contributed by atoms with E-state index >= 15 is 0 Å². The van der Waals surface area contributed by atoms with E-state index in [0.717, 1.165) is 28.4 Å². The molecule has 3 rings (SSSR count). The number of ether oxygens (including phenoxy) is 2. The van der Waals surface area contributed by atoms with Crippen LogP contribution in [0.4, 0.5) is 0 Å². The lowest BCUT2D eigenvalue weighted by atomic mass is 10.1. The standard InChI is InChI=1S/C19H20N2O3S/c1-3-22-15-8-10-16(11-9-15)23-12-13-25-19-21-20-18(24-19)17-7-5-4-6-14(17)2/h4-11H,3,12-13H2,1-2H3. The van der Waals surface area contributed by atoms with Crippen LogP contribution in [0.1, 0.15) is 12.5 Å². The molecule has 0 saturated heterocycles. The molecule has 1 aromatic heterocycles. The molecule has 0 amide bonds. The highest BCUT2D eigenvalue weighted by Crippen LogP contribution is 2.25. The van der Waals surface area contributed by atoms with E-state index in [1.807, 2.05) is 62.4 Å². The highest BCUT2D eigenvalue weighted by Gasteiger charge is 2.10. The Morgan fingerprint density at radius 2 is 1.68 bits per heavy atom. The molecule has 0 saturated carbocycles. The lowest BCUT2D eigenvalue weighted by Gasteiger charge is -2.06. The minimum atomic E-state index is 0.549. The van der Waals surface area contributed by atoms with Crippen molar-refractivity contribution in [3.8, 4) is 23.0 Å². The van der Waals surface area contributed by atoms with Gasteiger partial charge in [0.1, 0.15) is 11.5 Å². The Morgan fingerprint density at radius 1 is 0.960 bits per heavy atom. The molecule has 0 radical (unpaired) electrons. The van der Waals surface area contributed by atoms with Gasteiger partial charge in [0.15, 0.2) is 0 Å². The van der Waals surface area contributed by atoms with Gasteiger partial charge in [-0.2, -0.15) is 0 Å². The van der Waals surface area contributed by atoms with Gasteiger partial charge in [-0.25, -0.2) is 0 Å². The van der Waals surface area contributed by atoms with Crippen LogP contribution < -0.4 is 9.47 Å². The van der Waals surface area contributed by atoms with Crippen LogP contribution in [0.25, 0.3) is 11.5 Å². The number of hydrogen-bond donors (Lipinski definition) is 0. The number of nitrogens with zero attached hydrogens (tertiary/aromatic N) is 2. The van der Waals surface area contributed by atoms with Gasteiger partial charge in [0.25, 0.3) is 5.22 Å². The van der Waals surface area contributed by atoms with Crippen LogP contribution in [0.3, 0.4) is 0 Å². The summed E-state index contributed by atoms with van der Waals surface area (Å²) in [6, 6.07) is 15.6. The Balaban J connectivity index is 1.47. The van der Waals surface area contributed by atoms with Gasteiger partial charge in [-0.1, -0.05) is 30.0 Å². The maximum absolute atomic E-state index is 5.71. The number of hydrogen-bond acceptors (Lipinski definition) is 6. The van der Waals surface area contributed by atoms with E-state index in [1.165, 1.54) is 11.8 Å². The monoisotopic (exact) mass is 356 g/mol.